The lowest BCUT2D eigenvalue weighted by Crippen LogP contribution is -2.11. The Balaban J connectivity index is 2.20. The summed E-state index contributed by atoms with van der Waals surface area (Å²) in [7, 11) is 0. The van der Waals surface area contributed by atoms with E-state index >= 15 is 0 Å². The van der Waals surface area contributed by atoms with Crippen molar-refractivity contribution >= 4 is 28.6 Å². The zero-order valence-corrected chi connectivity index (χ0v) is 9.62. The summed E-state index contributed by atoms with van der Waals surface area (Å²) in [6, 6.07) is 10.3. The molecule has 0 aliphatic heterocycles. The molecule has 0 aliphatic carbocycles. The Morgan fingerprint density at radius 3 is 2.82 bits per heavy atom. The van der Waals surface area contributed by atoms with Gasteiger partial charge in [-0.15, -0.1) is 11.3 Å². The van der Waals surface area contributed by atoms with Gasteiger partial charge in [-0.1, -0.05) is 6.07 Å². The van der Waals surface area contributed by atoms with Crippen LogP contribution in [-0.4, -0.2) is 5.91 Å². The van der Waals surface area contributed by atoms with Crippen LogP contribution in [0, 0.1) is 11.3 Å². The summed E-state index contributed by atoms with van der Waals surface area (Å²) in [5.41, 5.74) is 7.10. The predicted octanol–water partition coefficient (Wildman–Crippen LogP) is 2.45. The number of nitrogens with two attached hydrogens (primary N) is 1. The van der Waals surface area contributed by atoms with Gasteiger partial charge in [0, 0.05) is 0 Å². The van der Waals surface area contributed by atoms with E-state index in [1.54, 1.807) is 18.2 Å². The first-order valence-electron chi connectivity index (χ1n) is 4.85. The minimum atomic E-state index is -0.198. The quantitative estimate of drug-likeness (QED) is 0.795. The zero-order valence-electron chi connectivity index (χ0n) is 8.81. The van der Waals surface area contributed by atoms with Crippen molar-refractivity contribution in [3.05, 3.63) is 46.2 Å². The molecule has 3 N–H and O–H groups in total. The van der Waals surface area contributed by atoms with Crippen molar-refractivity contribution in [2.75, 3.05) is 11.1 Å². The van der Waals surface area contributed by atoms with E-state index in [1.807, 2.05) is 17.5 Å². The van der Waals surface area contributed by atoms with Crippen molar-refractivity contribution in [3.8, 4) is 6.07 Å². The number of rotatable bonds is 2. The van der Waals surface area contributed by atoms with Gasteiger partial charge in [0.1, 0.15) is 0 Å². The van der Waals surface area contributed by atoms with E-state index in [1.165, 1.54) is 17.4 Å². The molecule has 17 heavy (non-hydrogen) atoms. The highest BCUT2D eigenvalue weighted by atomic mass is 32.1. The summed E-state index contributed by atoms with van der Waals surface area (Å²) in [6.07, 6.45) is 0. The van der Waals surface area contributed by atoms with Crippen LogP contribution < -0.4 is 11.1 Å². The highest BCUT2D eigenvalue weighted by Crippen LogP contribution is 2.21. The summed E-state index contributed by atoms with van der Waals surface area (Å²) < 4.78 is 0. The number of hydrogen-bond donors (Lipinski definition) is 2. The van der Waals surface area contributed by atoms with E-state index in [2.05, 4.69) is 5.32 Å². The normalized spacial score (nSPS) is 9.59. The molecule has 5 heteroatoms. The molecule has 0 bridgehead atoms. The number of anilines is 2. The van der Waals surface area contributed by atoms with Crippen molar-refractivity contribution in [3.63, 3.8) is 0 Å². The molecular formula is C12H9N3OS. The van der Waals surface area contributed by atoms with Crippen molar-refractivity contribution in [2.24, 2.45) is 0 Å². The van der Waals surface area contributed by atoms with Crippen molar-refractivity contribution in [1.29, 1.82) is 5.26 Å². The third kappa shape index (κ3) is 2.44. The number of carbonyl (C=O) groups is 1. The number of nitriles is 1. The lowest BCUT2D eigenvalue weighted by atomic mass is 10.2. The van der Waals surface area contributed by atoms with Crippen LogP contribution in [-0.2, 0) is 0 Å². The summed E-state index contributed by atoms with van der Waals surface area (Å²) in [5.74, 6) is -0.198. The smallest absolute Gasteiger partial charge is 0.265 e. The van der Waals surface area contributed by atoms with Crippen LogP contribution in [0.5, 0.6) is 0 Å². The number of nitrogens with zero attached hydrogens (tertiary/aromatic N) is 1. The number of thiophene rings is 1. The number of benzene rings is 1. The fourth-order valence-electron chi connectivity index (χ4n) is 1.34. The van der Waals surface area contributed by atoms with E-state index < -0.39 is 0 Å². The molecule has 1 aromatic carbocycles. The molecule has 0 aliphatic rings. The number of nitrogen functional groups attached to an aromatic ring is 1. The van der Waals surface area contributed by atoms with E-state index in [4.69, 9.17) is 11.0 Å². The van der Waals surface area contributed by atoms with Gasteiger partial charge >= 0.3 is 0 Å². The van der Waals surface area contributed by atoms with Crippen LogP contribution in [0.3, 0.4) is 0 Å². The van der Waals surface area contributed by atoms with Gasteiger partial charge in [-0.05, 0) is 29.6 Å². The zero-order chi connectivity index (χ0) is 12.3. The van der Waals surface area contributed by atoms with Crippen LogP contribution in [0.25, 0.3) is 0 Å². The van der Waals surface area contributed by atoms with Crippen LogP contribution in [0.1, 0.15) is 15.2 Å². The second-order valence-electron chi connectivity index (χ2n) is 3.35. The van der Waals surface area contributed by atoms with Crippen LogP contribution in [0.4, 0.5) is 11.4 Å². The lowest BCUT2D eigenvalue weighted by Gasteiger charge is -2.06. The Labute approximate surface area is 102 Å². The Morgan fingerprint density at radius 1 is 1.41 bits per heavy atom. The minimum Gasteiger partial charge on any atom is -0.397 e. The van der Waals surface area contributed by atoms with Crippen molar-refractivity contribution in [1.82, 2.24) is 0 Å². The van der Waals surface area contributed by atoms with E-state index in [0.29, 0.717) is 21.8 Å². The van der Waals surface area contributed by atoms with E-state index in [-0.39, 0.29) is 5.91 Å². The SMILES string of the molecule is N#Cc1ccc(NC(=O)c2cccs2)c(N)c1. The number of amides is 1. The number of carbonyl (C=O) groups excluding carboxylic acids is 1. The molecule has 0 fully saturated rings. The Bertz CT molecular complexity index is 584. The van der Waals surface area contributed by atoms with Crippen LogP contribution in [0.2, 0.25) is 0 Å². The maximum absolute atomic E-state index is 11.8. The Morgan fingerprint density at radius 2 is 2.24 bits per heavy atom. The molecule has 0 atom stereocenters. The maximum Gasteiger partial charge on any atom is 0.265 e. The van der Waals surface area contributed by atoms with Gasteiger partial charge in [0.2, 0.25) is 0 Å². The van der Waals surface area contributed by atoms with E-state index in [0.717, 1.165) is 0 Å². The highest BCUT2D eigenvalue weighted by Gasteiger charge is 2.08. The fourth-order valence-corrected chi connectivity index (χ4v) is 1.96. The third-order valence-corrected chi connectivity index (χ3v) is 3.04. The van der Waals surface area contributed by atoms with Gasteiger partial charge in [-0.3, -0.25) is 4.79 Å². The summed E-state index contributed by atoms with van der Waals surface area (Å²) in [5, 5.41) is 13.2. The lowest BCUT2D eigenvalue weighted by molar-refractivity contribution is 0.103. The predicted molar refractivity (Wildman–Crippen MR) is 67.8 cm³/mol. The van der Waals surface area contributed by atoms with Crippen LogP contribution >= 0.6 is 11.3 Å². The highest BCUT2D eigenvalue weighted by molar-refractivity contribution is 7.12. The molecule has 0 saturated heterocycles. The molecule has 1 amide bonds. The van der Waals surface area contributed by atoms with Crippen molar-refractivity contribution in [2.45, 2.75) is 0 Å². The average Bonchev–Trinajstić information content (AvgIpc) is 2.85. The molecule has 2 aromatic rings. The first kappa shape index (κ1) is 11.2. The van der Waals surface area contributed by atoms with Crippen molar-refractivity contribution < 1.29 is 4.79 Å². The molecule has 0 spiro atoms. The molecule has 0 saturated carbocycles. The fraction of sp³-hybridized carbons (Fsp3) is 0. The summed E-state index contributed by atoms with van der Waals surface area (Å²) in [4.78, 5) is 12.4. The first-order chi connectivity index (χ1) is 8.20. The monoisotopic (exact) mass is 243 g/mol. The van der Waals surface area contributed by atoms with Crippen LogP contribution in [0.15, 0.2) is 35.7 Å². The molecule has 0 unspecified atom stereocenters. The Kier molecular flexibility index (Phi) is 3.08. The molecule has 84 valence electrons. The third-order valence-electron chi connectivity index (χ3n) is 2.17. The largest absolute Gasteiger partial charge is 0.397 e. The molecule has 1 heterocycles. The first-order valence-corrected chi connectivity index (χ1v) is 5.73. The summed E-state index contributed by atoms with van der Waals surface area (Å²) in [6.45, 7) is 0. The molecule has 1 aromatic heterocycles. The van der Waals surface area contributed by atoms with Gasteiger partial charge in [-0.25, -0.2) is 0 Å². The standard InChI is InChI=1S/C12H9N3OS/c13-7-8-3-4-10(9(14)6-8)15-12(16)11-2-1-5-17-11/h1-6H,14H2,(H,15,16). The topological polar surface area (TPSA) is 78.9 Å². The number of hydrogen-bond acceptors (Lipinski definition) is 4. The van der Waals surface area contributed by atoms with Gasteiger partial charge in [0.15, 0.2) is 0 Å². The number of nitrogens with one attached hydrogen (secondary N) is 1. The van der Waals surface area contributed by atoms with Gasteiger partial charge in [0.05, 0.1) is 27.9 Å². The van der Waals surface area contributed by atoms with Gasteiger partial charge in [-0.2, -0.15) is 5.26 Å². The van der Waals surface area contributed by atoms with E-state index in [9.17, 15) is 4.79 Å². The molecule has 0 radical (unpaired) electrons. The molecular weight excluding hydrogens is 234 g/mol. The Hall–Kier alpha value is -2.32. The average molecular weight is 243 g/mol. The second-order valence-corrected chi connectivity index (χ2v) is 4.29. The maximum atomic E-state index is 11.8. The second kappa shape index (κ2) is 4.68. The molecule has 4 nitrogen and oxygen atoms in total. The minimum absolute atomic E-state index is 0.198. The summed E-state index contributed by atoms with van der Waals surface area (Å²) >= 11 is 1.36. The van der Waals surface area contributed by atoms with Gasteiger partial charge in [0.25, 0.3) is 5.91 Å². The van der Waals surface area contributed by atoms with Gasteiger partial charge < -0.3 is 11.1 Å². The molecule has 2 rings (SSSR count).